The number of likely N-dealkylation sites (N-methyl/N-ethyl adjacent to an activating group) is 1. The van der Waals surface area contributed by atoms with E-state index in [2.05, 4.69) is 11.4 Å². The molecule has 1 amide bonds. The van der Waals surface area contributed by atoms with Crippen LogP contribution in [0.5, 0.6) is 0 Å². The smallest absolute Gasteiger partial charge is 0.304 e. The molecule has 1 N–H and O–H groups in total. The van der Waals surface area contributed by atoms with Crippen LogP contribution in [-0.4, -0.2) is 53.0 Å². The number of carbonyl (C=O) groups is 2. The summed E-state index contributed by atoms with van der Waals surface area (Å²) in [5.41, 5.74) is 1.25. The first-order chi connectivity index (χ1) is 9.49. The number of fused-ring (bicyclic) bond motifs is 1. The lowest BCUT2D eigenvalue weighted by molar-refractivity contribution is -0.140. The number of hydrogen-bond acceptors (Lipinski definition) is 4. The SMILES string of the molecule is CC(C(=O)N1CCc2sccc2C1)N(C)CCC(=O)O.Cl. The molecule has 5 nitrogen and oxygen atoms in total. The predicted octanol–water partition coefficient (Wildman–Crippen LogP) is 1.85. The van der Waals surface area contributed by atoms with E-state index in [0.717, 1.165) is 13.0 Å². The fourth-order valence-corrected chi connectivity index (χ4v) is 3.24. The summed E-state index contributed by atoms with van der Waals surface area (Å²) in [5, 5.41) is 10.8. The highest BCUT2D eigenvalue weighted by Crippen LogP contribution is 2.24. The number of hydrogen-bond donors (Lipinski definition) is 1. The van der Waals surface area contributed by atoms with Crippen LogP contribution < -0.4 is 0 Å². The van der Waals surface area contributed by atoms with Gasteiger partial charge in [0.25, 0.3) is 0 Å². The molecule has 0 spiro atoms. The van der Waals surface area contributed by atoms with Crippen molar-refractivity contribution < 1.29 is 14.7 Å². The molecule has 1 atom stereocenters. The summed E-state index contributed by atoms with van der Waals surface area (Å²) in [7, 11) is 1.80. The molecule has 0 saturated heterocycles. The Kier molecular flexibility index (Phi) is 6.64. The van der Waals surface area contributed by atoms with Gasteiger partial charge in [0.1, 0.15) is 0 Å². The van der Waals surface area contributed by atoms with Crippen LogP contribution in [0, 0.1) is 0 Å². The molecule has 0 fully saturated rings. The van der Waals surface area contributed by atoms with Crippen LogP contribution in [0.2, 0.25) is 0 Å². The van der Waals surface area contributed by atoms with Gasteiger partial charge in [0.2, 0.25) is 5.91 Å². The molecule has 1 aromatic heterocycles. The second-order valence-electron chi connectivity index (χ2n) is 5.18. The number of carboxylic acids is 1. The van der Waals surface area contributed by atoms with E-state index in [4.69, 9.17) is 5.11 Å². The fourth-order valence-electron chi connectivity index (χ4n) is 2.35. The number of nitrogens with zero attached hydrogens (tertiary/aromatic N) is 2. The molecule has 0 bridgehead atoms. The number of carbonyl (C=O) groups excluding carboxylic acids is 1. The average molecular weight is 333 g/mol. The van der Waals surface area contributed by atoms with Gasteiger partial charge in [0, 0.05) is 24.5 Å². The maximum absolute atomic E-state index is 12.5. The molecule has 0 aliphatic carbocycles. The summed E-state index contributed by atoms with van der Waals surface area (Å²) in [6.45, 7) is 3.66. The zero-order valence-electron chi connectivity index (χ0n) is 12.2. The molecule has 1 aromatic rings. The van der Waals surface area contributed by atoms with Crippen molar-refractivity contribution in [3.8, 4) is 0 Å². The summed E-state index contributed by atoms with van der Waals surface area (Å²) in [6.07, 6.45) is 0.979. The molecule has 2 rings (SSSR count). The minimum Gasteiger partial charge on any atom is -0.481 e. The first-order valence-electron chi connectivity index (χ1n) is 6.75. The number of aliphatic carboxylic acids is 1. The average Bonchev–Trinajstić information content (AvgIpc) is 2.90. The van der Waals surface area contributed by atoms with Gasteiger partial charge in [-0.05, 0) is 37.4 Å². The van der Waals surface area contributed by atoms with Crippen LogP contribution in [-0.2, 0) is 22.6 Å². The zero-order valence-corrected chi connectivity index (χ0v) is 13.9. The highest BCUT2D eigenvalue weighted by atomic mass is 35.5. The largest absolute Gasteiger partial charge is 0.481 e. The molecule has 1 aliphatic heterocycles. The van der Waals surface area contributed by atoms with Crippen LogP contribution in [0.1, 0.15) is 23.8 Å². The molecule has 0 aromatic carbocycles. The summed E-state index contributed by atoms with van der Waals surface area (Å²) in [4.78, 5) is 28.1. The normalized spacial score (nSPS) is 15.3. The van der Waals surface area contributed by atoms with Crippen molar-refractivity contribution in [1.29, 1.82) is 0 Å². The zero-order chi connectivity index (χ0) is 14.7. The third-order valence-electron chi connectivity index (χ3n) is 3.82. The molecule has 1 unspecified atom stereocenters. The highest BCUT2D eigenvalue weighted by molar-refractivity contribution is 7.10. The van der Waals surface area contributed by atoms with Crippen molar-refractivity contribution in [1.82, 2.24) is 9.80 Å². The van der Waals surface area contributed by atoms with Crippen molar-refractivity contribution in [3.05, 3.63) is 21.9 Å². The minimum absolute atomic E-state index is 0. The lowest BCUT2D eigenvalue weighted by Crippen LogP contribution is -2.47. The van der Waals surface area contributed by atoms with Gasteiger partial charge in [0.15, 0.2) is 0 Å². The minimum atomic E-state index is -0.836. The second kappa shape index (κ2) is 7.77. The van der Waals surface area contributed by atoms with Gasteiger partial charge in [-0.15, -0.1) is 23.7 Å². The number of thiophene rings is 1. The monoisotopic (exact) mass is 332 g/mol. The van der Waals surface area contributed by atoms with E-state index in [-0.39, 0.29) is 30.8 Å². The molecule has 1 aliphatic rings. The van der Waals surface area contributed by atoms with Gasteiger partial charge >= 0.3 is 5.97 Å². The van der Waals surface area contributed by atoms with Crippen LogP contribution in [0.3, 0.4) is 0 Å². The van der Waals surface area contributed by atoms with Crippen molar-refractivity contribution in [3.63, 3.8) is 0 Å². The van der Waals surface area contributed by atoms with E-state index in [0.29, 0.717) is 13.1 Å². The van der Waals surface area contributed by atoms with E-state index in [1.807, 2.05) is 11.8 Å². The Labute approximate surface area is 135 Å². The second-order valence-corrected chi connectivity index (χ2v) is 6.18. The van der Waals surface area contributed by atoms with Gasteiger partial charge in [-0.25, -0.2) is 0 Å². The van der Waals surface area contributed by atoms with E-state index in [9.17, 15) is 9.59 Å². The maximum atomic E-state index is 12.5. The van der Waals surface area contributed by atoms with E-state index in [1.165, 1.54) is 10.4 Å². The lowest BCUT2D eigenvalue weighted by atomic mass is 10.1. The Balaban J connectivity index is 0.00000220. The van der Waals surface area contributed by atoms with Crippen molar-refractivity contribution in [2.75, 3.05) is 20.1 Å². The summed E-state index contributed by atoms with van der Waals surface area (Å²) >= 11 is 1.75. The van der Waals surface area contributed by atoms with Crippen LogP contribution in [0.15, 0.2) is 11.4 Å². The Bertz CT molecular complexity index is 506. The predicted molar refractivity (Wildman–Crippen MR) is 85.0 cm³/mol. The van der Waals surface area contributed by atoms with Crippen molar-refractivity contribution >= 4 is 35.6 Å². The molecule has 118 valence electrons. The fraction of sp³-hybridized carbons (Fsp3) is 0.571. The van der Waals surface area contributed by atoms with E-state index < -0.39 is 5.97 Å². The molecular weight excluding hydrogens is 312 g/mol. The van der Waals surface area contributed by atoms with Gasteiger partial charge < -0.3 is 10.0 Å². The van der Waals surface area contributed by atoms with Crippen molar-refractivity contribution in [2.24, 2.45) is 0 Å². The van der Waals surface area contributed by atoms with Crippen LogP contribution in [0.4, 0.5) is 0 Å². The number of amides is 1. The topological polar surface area (TPSA) is 60.9 Å². The highest BCUT2D eigenvalue weighted by Gasteiger charge is 2.27. The van der Waals surface area contributed by atoms with Crippen molar-refractivity contribution in [2.45, 2.75) is 32.4 Å². The quantitative estimate of drug-likeness (QED) is 0.894. The standard InChI is InChI=1S/C14H20N2O3S.ClH/c1-10(15(2)6-4-13(17)18)14(19)16-7-3-12-11(9-16)5-8-20-12;/h5,8,10H,3-4,6-7,9H2,1-2H3,(H,17,18);1H. The maximum Gasteiger partial charge on any atom is 0.304 e. The Morgan fingerprint density at radius 3 is 2.90 bits per heavy atom. The Hall–Kier alpha value is -1.11. The lowest BCUT2D eigenvalue weighted by Gasteiger charge is -2.32. The van der Waals surface area contributed by atoms with Gasteiger partial charge in [-0.2, -0.15) is 0 Å². The first kappa shape index (κ1) is 17.9. The summed E-state index contributed by atoms with van der Waals surface area (Å²) in [6, 6.07) is 1.80. The Morgan fingerprint density at radius 1 is 1.52 bits per heavy atom. The van der Waals surface area contributed by atoms with E-state index in [1.54, 1.807) is 23.3 Å². The third kappa shape index (κ3) is 4.43. The van der Waals surface area contributed by atoms with Gasteiger partial charge in [-0.1, -0.05) is 0 Å². The Morgan fingerprint density at radius 2 is 2.24 bits per heavy atom. The number of halogens is 1. The molecule has 7 heteroatoms. The summed E-state index contributed by atoms with van der Waals surface area (Å²) < 4.78 is 0. The van der Waals surface area contributed by atoms with Gasteiger partial charge in [-0.3, -0.25) is 14.5 Å². The van der Waals surface area contributed by atoms with Crippen LogP contribution >= 0.6 is 23.7 Å². The van der Waals surface area contributed by atoms with E-state index >= 15 is 0 Å². The molecule has 21 heavy (non-hydrogen) atoms. The molecular formula is C14H21ClN2O3S. The first-order valence-corrected chi connectivity index (χ1v) is 7.63. The van der Waals surface area contributed by atoms with Crippen LogP contribution in [0.25, 0.3) is 0 Å². The molecule has 0 radical (unpaired) electrons. The third-order valence-corrected chi connectivity index (χ3v) is 4.84. The van der Waals surface area contributed by atoms with Gasteiger partial charge in [0.05, 0.1) is 12.5 Å². The molecule has 2 heterocycles. The molecule has 0 saturated carbocycles. The number of carboxylic acid groups (broad SMARTS) is 1. The summed E-state index contributed by atoms with van der Waals surface area (Å²) in [5.74, 6) is -0.757. The number of rotatable bonds is 5.